The second kappa shape index (κ2) is 16.8. The van der Waals surface area contributed by atoms with Crippen LogP contribution in [0.3, 0.4) is 0 Å². The van der Waals surface area contributed by atoms with Crippen LogP contribution in [0.5, 0.6) is 0 Å². The first kappa shape index (κ1) is 38.9. The molecule has 310 valence electrons. The minimum atomic E-state index is 1.08. The maximum atomic E-state index is 2.44. The summed E-state index contributed by atoms with van der Waals surface area (Å²) in [4.78, 5) is 2.38. The van der Waals surface area contributed by atoms with Crippen molar-refractivity contribution in [3.63, 3.8) is 0 Å². The summed E-state index contributed by atoms with van der Waals surface area (Å²) in [6.07, 6.45) is 0. The predicted octanol–water partition coefficient (Wildman–Crippen LogP) is 17.7. The van der Waals surface area contributed by atoms with Crippen molar-refractivity contribution in [1.29, 1.82) is 0 Å². The van der Waals surface area contributed by atoms with E-state index in [9.17, 15) is 0 Å². The van der Waals surface area contributed by atoms with Crippen molar-refractivity contribution in [3.05, 3.63) is 267 Å². The zero-order valence-corrected chi connectivity index (χ0v) is 36.3. The molecule has 66 heavy (non-hydrogen) atoms. The molecule has 0 fully saturated rings. The number of aromatic nitrogens is 1. The van der Waals surface area contributed by atoms with Gasteiger partial charge in [0, 0.05) is 39.1 Å². The van der Waals surface area contributed by atoms with E-state index in [-0.39, 0.29) is 0 Å². The second-order valence-corrected chi connectivity index (χ2v) is 16.9. The van der Waals surface area contributed by atoms with Gasteiger partial charge in [0.15, 0.2) is 0 Å². The van der Waals surface area contributed by atoms with Crippen LogP contribution in [0.25, 0.3) is 93.9 Å². The van der Waals surface area contributed by atoms with Gasteiger partial charge in [0.2, 0.25) is 0 Å². The Kier molecular flexibility index (Phi) is 9.89. The fourth-order valence-corrected chi connectivity index (χ4v) is 9.85. The van der Waals surface area contributed by atoms with Crippen LogP contribution in [0, 0.1) is 0 Å². The molecule has 0 aliphatic rings. The molecule has 0 spiro atoms. The lowest BCUT2D eigenvalue weighted by molar-refractivity contribution is 1.18. The summed E-state index contributed by atoms with van der Waals surface area (Å²) in [6.45, 7) is 0. The fraction of sp³-hybridized carbons (Fsp3) is 0. The smallest absolute Gasteiger partial charge is 0.0625 e. The molecule has 0 amide bonds. The zero-order valence-electron chi connectivity index (χ0n) is 36.3. The summed E-state index contributed by atoms with van der Waals surface area (Å²) in [5.41, 5.74) is 18.7. The third-order valence-electron chi connectivity index (χ3n) is 13.0. The molecule has 12 rings (SSSR count). The Labute approximate surface area is 385 Å². The highest BCUT2D eigenvalue weighted by molar-refractivity contribution is 6.19. The first-order valence-electron chi connectivity index (χ1n) is 22.7. The fourth-order valence-electron chi connectivity index (χ4n) is 9.85. The summed E-state index contributed by atoms with van der Waals surface area (Å²) in [7, 11) is 0. The molecule has 0 N–H and O–H groups in total. The highest BCUT2D eigenvalue weighted by Gasteiger charge is 2.21. The van der Waals surface area contributed by atoms with Crippen LogP contribution in [0.1, 0.15) is 0 Å². The van der Waals surface area contributed by atoms with E-state index in [4.69, 9.17) is 0 Å². The molecular weight excluding hydrogens is 797 g/mol. The Morgan fingerprint density at radius 3 is 1.42 bits per heavy atom. The Bertz CT molecular complexity index is 3640. The van der Waals surface area contributed by atoms with Gasteiger partial charge >= 0.3 is 0 Å². The third-order valence-corrected chi connectivity index (χ3v) is 13.0. The van der Waals surface area contributed by atoms with E-state index in [0.29, 0.717) is 0 Å². The second-order valence-electron chi connectivity index (χ2n) is 16.9. The number of hydrogen-bond donors (Lipinski definition) is 0. The van der Waals surface area contributed by atoms with Crippen molar-refractivity contribution < 1.29 is 0 Å². The monoisotopic (exact) mass is 840 g/mol. The number of fused-ring (bicyclic) bond motifs is 4. The maximum Gasteiger partial charge on any atom is 0.0625 e. The van der Waals surface area contributed by atoms with Crippen LogP contribution in [-0.2, 0) is 0 Å². The quantitative estimate of drug-likeness (QED) is 0.141. The van der Waals surface area contributed by atoms with Gasteiger partial charge in [0.1, 0.15) is 0 Å². The minimum Gasteiger partial charge on any atom is -0.310 e. The van der Waals surface area contributed by atoms with Gasteiger partial charge in [-0.15, -0.1) is 0 Å². The summed E-state index contributed by atoms with van der Waals surface area (Å²) >= 11 is 0. The number of nitrogens with zero attached hydrogens (tertiary/aromatic N) is 2. The standard InChI is InChI=1S/C64H44N2/c1-4-16-45(17-5-1)47-34-38-54(39-35-47)65(55-40-36-48(37-41-55)46-30-32-51(33-31-46)58-28-15-21-49-20-10-11-26-57(49)58)56-25-14-22-52(44-56)59-42-43-60(50-18-6-2-7-19-50)64-63(59)61-27-12-13-29-62(61)66(64)53-23-8-3-9-24-53/h1-44H. The Hall–Kier alpha value is -8.72. The molecule has 0 saturated carbocycles. The third kappa shape index (κ3) is 7.02. The number of para-hydroxylation sites is 2. The molecule has 12 aromatic rings. The van der Waals surface area contributed by atoms with Gasteiger partial charge < -0.3 is 9.47 Å². The van der Waals surface area contributed by atoms with Crippen molar-refractivity contribution in [1.82, 2.24) is 4.57 Å². The SMILES string of the molecule is c1ccc(-c2ccc(N(c3ccc(-c4ccc(-c5cccc6ccccc56)cc4)cc3)c3cccc(-c4ccc(-c5ccccc5)c5c4c4ccccc4n5-c4ccccc4)c3)cc2)cc1. The van der Waals surface area contributed by atoms with Gasteiger partial charge in [-0.1, -0.05) is 212 Å². The van der Waals surface area contributed by atoms with Crippen LogP contribution in [0.15, 0.2) is 267 Å². The van der Waals surface area contributed by atoms with Crippen molar-refractivity contribution >= 4 is 49.6 Å². The Morgan fingerprint density at radius 2 is 0.742 bits per heavy atom. The largest absolute Gasteiger partial charge is 0.310 e. The van der Waals surface area contributed by atoms with Gasteiger partial charge in [-0.2, -0.15) is 0 Å². The highest BCUT2D eigenvalue weighted by Crippen LogP contribution is 2.45. The molecule has 0 bridgehead atoms. The topological polar surface area (TPSA) is 8.17 Å². The summed E-state index contributed by atoms with van der Waals surface area (Å²) in [5.74, 6) is 0. The van der Waals surface area contributed by atoms with E-state index >= 15 is 0 Å². The molecule has 2 heteroatoms. The van der Waals surface area contributed by atoms with E-state index in [2.05, 4.69) is 276 Å². The van der Waals surface area contributed by atoms with E-state index in [1.807, 2.05) is 0 Å². The first-order valence-corrected chi connectivity index (χ1v) is 22.7. The summed E-state index contributed by atoms with van der Waals surface area (Å²) in [6, 6.07) is 96.8. The van der Waals surface area contributed by atoms with E-state index < -0.39 is 0 Å². The molecule has 0 aliphatic heterocycles. The number of benzene rings is 11. The molecule has 0 radical (unpaired) electrons. The molecular formula is C64H44N2. The van der Waals surface area contributed by atoms with Gasteiger partial charge in [-0.25, -0.2) is 0 Å². The maximum absolute atomic E-state index is 2.44. The van der Waals surface area contributed by atoms with E-state index in [1.54, 1.807) is 0 Å². The van der Waals surface area contributed by atoms with Crippen molar-refractivity contribution in [3.8, 4) is 61.3 Å². The lowest BCUT2D eigenvalue weighted by Crippen LogP contribution is -2.10. The van der Waals surface area contributed by atoms with E-state index in [1.165, 1.54) is 82.6 Å². The lowest BCUT2D eigenvalue weighted by atomic mass is 9.94. The number of anilines is 3. The molecule has 1 heterocycles. The number of rotatable bonds is 9. The zero-order chi connectivity index (χ0) is 43.8. The molecule has 2 nitrogen and oxygen atoms in total. The predicted molar refractivity (Wildman–Crippen MR) is 280 cm³/mol. The molecule has 0 aliphatic carbocycles. The van der Waals surface area contributed by atoms with Crippen LogP contribution < -0.4 is 4.90 Å². The van der Waals surface area contributed by atoms with Crippen LogP contribution in [0.2, 0.25) is 0 Å². The van der Waals surface area contributed by atoms with Crippen LogP contribution >= 0.6 is 0 Å². The highest BCUT2D eigenvalue weighted by atomic mass is 15.1. The van der Waals surface area contributed by atoms with Crippen molar-refractivity contribution in [2.75, 3.05) is 4.90 Å². The van der Waals surface area contributed by atoms with E-state index in [0.717, 1.165) is 28.3 Å². The van der Waals surface area contributed by atoms with Crippen LogP contribution in [0.4, 0.5) is 17.1 Å². The normalized spacial score (nSPS) is 11.3. The van der Waals surface area contributed by atoms with Crippen molar-refractivity contribution in [2.24, 2.45) is 0 Å². The lowest BCUT2D eigenvalue weighted by Gasteiger charge is -2.26. The molecule has 0 saturated heterocycles. The Balaban J connectivity index is 0.980. The minimum absolute atomic E-state index is 1.08. The average Bonchev–Trinajstić information content (AvgIpc) is 3.75. The van der Waals surface area contributed by atoms with Gasteiger partial charge in [-0.05, 0) is 115 Å². The van der Waals surface area contributed by atoms with Gasteiger partial charge in [0.05, 0.1) is 11.0 Å². The molecule has 11 aromatic carbocycles. The van der Waals surface area contributed by atoms with Crippen molar-refractivity contribution in [2.45, 2.75) is 0 Å². The van der Waals surface area contributed by atoms with Gasteiger partial charge in [0.25, 0.3) is 0 Å². The van der Waals surface area contributed by atoms with Crippen LogP contribution in [-0.4, -0.2) is 4.57 Å². The average molecular weight is 841 g/mol. The summed E-state index contributed by atoms with van der Waals surface area (Å²) < 4.78 is 2.44. The number of hydrogen-bond acceptors (Lipinski definition) is 1. The Morgan fingerprint density at radius 1 is 0.273 bits per heavy atom. The summed E-state index contributed by atoms with van der Waals surface area (Å²) in [5, 5.41) is 4.99. The molecule has 0 unspecified atom stereocenters. The first-order chi connectivity index (χ1) is 32.7. The van der Waals surface area contributed by atoms with Gasteiger partial charge in [-0.3, -0.25) is 0 Å². The molecule has 1 aromatic heterocycles. The molecule has 0 atom stereocenters.